The van der Waals surface area contributed by atoms with Gasteiger partial charge in [-0.1, -0.05) is 17.7 Å². The van der Waals surface area contributed by atoms with Crippen LogP contribution in [0.1, 0.15) is 5.56 Å². The van der Waals surface area contributed by atoms with Crippen molar-refractivity contribution in [3.63, 3.8) is 0 Å². The zero-order chi connectivity index (χ0) is 10.6. The van der Waals surface area contributed by atoms with Gasteiger partial charge in [-0.05, 0) is 31.3 Å². The predicted octanol–water partition coefficient (Wildman–Crippen LogP) is 1.83. The van der Waals surface area contributed by atoms with E-state index >= 15 is 0 Å². The molecule has 1 rings (SSSR count). The van der Waals surface area contributed by atoms with E-state index in [0.717, 1.165) is 5.56 Å². The van der Waals surface area contributed by atoms with Gasteiger partial charge < -0.3 is 0 Å². The van der Waals surface area contributed by atoms with Gasteiger partial charge in [0.2, 0.25) is 0 Å². The summed E-state index contributed by atoms with van der Waals surface area (Å²) in [6.07, 6.45) is 0. The molecule has 0 fully saturated rings. The minimum atomic E-state index is -3.34. The van der Waals surface area contributed by atoms with E-state index in [9.17, 15) is 8.42 Å². The van der Waals surface area contributed by atoms with Crippen LogP contribution in [0, 0.1) is 6.92 Å². The molecule has 0 heterocycles. The molecular formula is C9H9NO2S2. The summed E-state index contributed by atoms with van der Waals surface area (Å²) in [4.78, 5) is 3.68. The Morgan fingerprint density at radius 1 is 1.36 bits per heavy atom. The fourth-order valence-electron chi connectivity index (χ4n) is 0.931. The van der Waals surface area contributed by atoms with Crippen LogP contribution in [0.25, 0.3) is 0 Å². The number of isothiocyanates is 1. The molecule has 0 aliphatic rings. The summed E-state index contributed by atoms with van der Waals surface area (Å²) in [6.45, 7) is 1.89. The Morgan fingerprint density at radius 3 is 2.43 bits per heavy atom. The number of sulfone groups is 1. The van der Waals surface area contributed by atoms with E-state index in [0.29, 0.717) is 0 Å². The molecule has 0 aliphatic carbocycles. The van der Waals surface area contributed by atoms with Crippen LogP contribution in [0.2, 0.25) is 0 Å². The van der Waals surface area contributed by atoms with Crippen molar-refractivity contribution in [3.05, 3.63) is 29.8 Å². The topological polar surface area (TPSA) is 46.5 Å². The molecule has 0 aliphatic heterocycles. The quantitative estimate of drug-likeness (QED) is 0.584. The highest BCUT2D eigenvalue weighted by atomic mass is 32.2. The molecule has 1 aromatic carbocycles. The third-order valence-electron chi connectivity index (χ3n) is 1.68. The van der Waals surface area contributed by atoms with E-state index < -0.39 is 9.84 Å². The third-order valence-corrected chi connectivity index (χ3v) is 3.27. The van der Waals surface area contributed by atoms with Gasteiger partial charge in [0.1, 0.15) is 0 Å². The second-order valence-electron chi connectivity index (χ2n) is 2.81. The van der Waals surface area contributed by atoms with Crippen LogP contribution < -0.4 is 0 Å². The lowest BCUT2D eigenvalue weighted by Gasteiger charge is -2.00. The molecule has 14 heavy (non-hydrogen) atoms. The maximum Gasteiger partial charge on any atom is 0.199 e. The first kappa shape index (κ1) is 11.0. The first-order valence-corrected chi connectivity index (χ1v) is 5.95. The Labute approximate surface area is 88.4 Å². The van der Waals surface area contributed by atoms with Crippen molar-refractivity contribution in [2.24, 2.45) is 4.99 Å². The maximum absolute atomic E-state index is 11.5. The van der Waals surface area contributed by atoms with Gasteiger partial charge in [-0.2, -0.15) is 0 Å². The van der Waals surface area contributed by atoms with Crippen molar-refractivity contribution in [3.8, 4) is 0 Å². The van der Waals surface area contributed by atoms with Crippen molar-refractivity contribution in [1.82, 2.24) is 0 Å². The maximum atomic E-state index is 11.5. The van der Waals surface area contributed by atoms with Gasteiger partial charge in [-0.3, -0.25) is 0 Å². The zero-order valence-corrected chi connectivity index (χ0v) is 9.23. The van der Waals surface area contributed by atoms with E-state index in [4.69, 9.17) is 0 Å². The van der Waals surface area contributed by atoms with Gasteiger partial charge in [0.05, 0.1) is 10.1 Å². The Hall–Kier alpha value is -1.03. The molecule has 0 radical (unpaired) electrons. The van der Waals surface area contributed by atoms with Crippen LogP contribution in [0.5, 0.6) is 0 Å². The summed E-state index contributed by atoms with van der Waals surface area (Å²) in [6, 6.07) is 6.61. The average Bonchev–Trinajstić information content (AvgIpc) is 2.16. The first-order chi connectivity index (χ1) is 6.56. The van der Waals surface area contributed by atoms with Crippen LogP contribution in [0.3, 0.4) is 0 Å². The molecule has 1 aromatic rings. The molecule has 5 heteroatoms. The molecule has 74 valence electrons. The van der Waals surface area contributed by atoms with E-state index in [1.165, 1.54) is 0 Å². The van der Waals surface area contributed by atoms with Crippen molar-refractivity contribution in [1.29, 1.82) is 0 Å². The summed E-state index contributed by atoms with van der Waals surface area (Å²) in [5.74, 6) is -0.334. The van der Waals surface area contributed by atoms with E-state index in [1.54, 1.807) is 24.3 Å². The number of thiocarbonyl (C=S) groups is 1. The minimum Gasteiger partial charge on any atom is -0.222 e. The molecule has 0 amide bonds. The second-order valence-corrected chi connectivity index (χ2v) is 4.95. The summed E-state index contributed by atoms with van der Waals surface area (Å²) >= 11 is 4.31. The summed E-state index contributed by atoms with van der Waals surface area (Å²) < 4.78 is 23.0. The monoisotopic (exact) mass is 227 g/mol. The fourth-order valence-corrected chi connectivity index (χ4v) is 2.01. The molecule has 0 spiro atoms. The van der Waals surface area contributed by atoms with Gasteiger partial charge in [0.15, 0.2) is 15.7 Å². The van der Waals surface area contributed by atoms with Crippen molar-refractivity contribution >= 4 is 27.2 Å². The molecule has 0 saturated heterocycles. The average molecular weight is 227 g/mol. The number of aliphatic imine (C=N–C) groups is 1. The standard InChI is InChI=1S/C9H9NO2S2/c1-8-2-4-9(5-3-8)14(11,12)7-10-6-13/h2-5H,7H2,1H3. The van der Waals surface area contributed by atoms with E-state index in [1.807, 2.05) is 12.1 Å². The van der Waals surface area contributed by atoms with Crippen LogP contribution in [-0.2, 0) is 9.84 Å². The van der Waals surface area contributed by atoms with Crippen LogP contribution in [-0.4, -0.2) is 19.5 Å². The predicted molar refractivity (Wildman–Crippen MR) is 58.3 cm³/mol. The lowest BCUT2D eigenvalue weighted by Crippen LogP contribution is -2.04. The number of hydrogen-bond acceptors (Lipinski definition) is 4. The Kier molecular flexibility index (Phi) is 3.52. The SMILES string of the molecule is Cc1ccc(S(=O)(=O)CN=C=S)cc1. The van der Waals surface area contributed by atoms with Crippen LogP contribution in [0.15, 0.2) is 34.2 Å². The van der Waals surface area contributed by atoms with Crippen molar-refractivity contribution in [2.75, 3.05) is 5.88 Å². The Morgan fingerprint density at radius 2 is 1.93 bits per heavy atom. The lowest BCUT2D eigenvalue weighted by molar-refractivity contribution is 0.596. The van der Waals surface area contributed by atoms with Crippen LogP contribution in [0.4, 0.5) is 0 Å². The highest BCUT2D eigenvalue weighted by Gasteiger charge is 2.12. The van der Waals surface area contributed by atoms with E-state index in [-0.39, 0.29) is 10.8 Å². The number of nitrogens with zero attached hydrogens (tertiary/aromatic N) is 1. The smallest absolute Gasteiger partial charge is 0.199 e. The van der Waals surface area contributed by atoms with Gasteiger partial charge in [-0.25, -0.2) is 13.4 Å². The molecule has 3 nitrogen and oxygen atoms in total. The van der Waals surface area contributed by atoms with Crippen molar-refractivity contribution in [2.45, 2.75) is 11.8 Å². The summed E-state index contributed by atoms with van der Waals surface area (Å²) in [5, 5.41) is 2.03. The number of benzene rings is 1. The number of rotatable bonds is 3. The largest absolute Gasteiger partial charge is 0.222 e. The van der Waals surface area contributed by atoms with Gasteiger partial charge in [0.25, 0.3) is 0 Å². The summed E-state index contributed by atoms with van der Waals surface area (Å²) in [7, 11) is -3.34. The summed E-state index contributed by atoms with van der Waals surface area (Å²) in [5.41, 5.74) is 1.02. The highest BCUT2D eigenvalue weighted by molar-refractivity contribution is 7.91. The molecule has 0 N–H and O–H groups in total. The highest BCUT2D eigenvalue weighted by Crippen LogP contribution is 2.11. The number of hydrogen-bond donors (Lipinski definition) is 0. The minimum absolute atomic E-state index is 0.261. The fraction of sp³-hybridized carbons (Fsp3) is 0.222. The third kappa shape index (κ3) is 2.73. The van der Waals surface area contributed by atoms with Gasteiger partial charge >= 0.3 is 0 Å². The van der Waals surface area contributed by atoms with Crippen LogP contribution >= 0.6 is 12.2 Å². The van der Waals surface area contributed by atoms with Crippen molar-refractivity contribution < 1.29 is 8.42 Å². The second kappa shape index (κ2) is 4.46. The lowest BCUT2D eigenvalue weighted by atomic mass is 10.2. The van der Waals surface area contributed by atoms with Gasteiger partial charge in [-0.15, -0.1) is 0 Å². The zero-order valence-electron chi connectivity index (χ0n) is 7.60. The Bertz CT molecular complexity index is 456. The Balaban J connectivity index is 3.04. The molecular weight excluding hydrogens is 218 g/mol. The molecule has 0 aromatic heterocycles. The molecule has 0 atom stereocenters. The van der Waals surface area contributed by atoms with E-state index in [2.05, 4.69) is 17.2 Å². The number of aryl methyl sites for hydroxylation is 1. The molecule has 0 saturated carbocycles. The first-order valence-electron chi connectivity index (χ1n) is 3.89. The molecule has 0 bridgehead atoms. The van der Waals surface area contributed by atoms with Gasteiger partial charge in [0, 0.05) is 0 Å². The molecule has 0 unspecified atom stereocenters. The normalized spacial score (nSPS) is 10.6.